The van der Waals surface area contributed by atoms with E-state index in [1.807, 2.05) is 12.1 Å². The molecule has 1 aromatic rings. The Morgan fingerprint density at radius 2 is 2.17 bits per heavy atom. The number of aliphatic hydroxyl groups is 1. The molecule has 1 saturated heterocycles. The summed E-state index contributed by atoms with van der Waals surface area (Å²) < 4.78 is 11.0. The molecule has 2 aliphatic rings. The van der Waals surface area contributed by atoms with E-state index in [0.717, 1.165) is 50.2 Å². The predicted octanol–water partition coefficient (Wildman–Crippen LogP) is 2.47. The van der Waals surface area contributed by atoms with Crippen LogP contribution in [0, 0.1) is 5.92 Å². The molecule has 2 atom stereocenters. The normalized spacial score (nSPS) is 25.1. The van der Waals surface area contributed by atoms with Crippen molar-refractivity contribution in [1.82, 2.24) is 0 Å². The molecule has 1 N–H and O–H groups in total. The summed E-state index contributed by atoms with van der Waals surface area (Å²) in [6, 6.07) is 6.09. The number of fused-ring (bicyclic) bond motifs is 1. The number of ether oxygens (including phenoxy) is 2. The largest absolute Gasteiger partial charge is 0.493 e. The fourth-order valence-electron chi connectivity index (χ4n) is 2.85. The highest BCUT2D eigenvalue weighted by Crippen LogP contribution is 2.33. The zero-order valence-corrected chi connectivity index (χ0v) is 10.6. The van der Waals surface area contributed by atoms with Crippen LogP contribution in [0.1, 0.15) is 36.5 Å². The first-order valence-electron chi connectivity index (χ1n) is 6.86. The third-order valence-electron chi connectivity index (χ3n) is 3.92. The Hall–Kier alpha value is -1.06. The number of aliphatic hydroxyl groups excluding tert-OH is 1. The van der Waals surface area contributed by atoms with E-state index in [0.29, 0.717) is 6.61 Å². The van der Waals surface area contributed by atoms with Crippen LogP contribution in [0.25, 0.3) is 0 Å². The fourth-order valence-corrected chi connectivity index (χ4v) is 2.85. The monoisotopic (exact) mass is 248 g/mol. The molecule has 2 unspecified atom stereocenters. The second kappa shape index (κ2) is 5.29. The molecule has 0 spiro atoms. The molecule has 1 aromatic carbocycles. The van der Waals surface area contributed by atoms with Gasteiger partial charge in [0.15, 0.2) is 0 Å². The summed E-state index contributed by atoms with van der Waals surface area (Å²) in [6.45, 7) is 2.32. The van der Waals surface area contributed by atoms with Gasteiger partial charge in [0.1, 0.15) is 5.75 Å². The molecule has 3 rings (SSSR count). The van der Waals surface area contributed by atoms with Gasteiger partial charge in [-0.2, -0.15) is 0 Å². The SMILES string of the molecule is OC(c1ccc2c(c1)CCCO2)C1CCCOC1. The Bertz CT molecular complexity index is 410. The minimum Gasteiger partial charge on any atom is -0.493 e. The van der Waals surface area contributed by atoms with Crippen molar-refractivity contribution in [3.8, 4) is 5.75 Å². The van der Waals surface area contributed by atoms with Crippen LogP contribution in [0.2, 0.25) is 0 Å². The van der Waals surface area contributed by atoms with Gasteiger partial charge < -0.3 is 14.6 Å². The smallest absolute Gasteiger partial charge is 0.122 e. The van der Waals surface area contributed by atoms with Gasteiger partial charge in [0, 0.05) is 12.5 Å². The van der Waals surface area contributed by atoms with E-state index >= 15 is 0 Å². The van der Waals surface area contributed by atoms with Crippen molar-refractivity contribution in [2.45, 2.75) is 31.8 Å². The molecular weight excluding hydrogens is 228 g/mol. The molecule has 3 heteroatoms. The van der Waals surface area contributed by atoms with Gasteiger partial charge in [-0.15, -0.1) is 0 Å². The fraction of sp³-hybridized carbons (Fsp3) is 0.600. The maximum Gasteiger partial charge on any atom is 0.122 e. The second-order valence-electron chi connectivity index (χ2n) is 5.24. The standard InChI is InChI=1S/C15H20O3/c16-15(13-4-1-7-17-10-13)12-5-6-14-11(9-12)3-2-8-18-14/h5-6,9,13,15-16H,1-4,7-8,10H2. The third-order valence-corrected chi connectivity index (χ3v) is 3.92. The minimum absolute atomic E-state index is 0.237. The molecule has 1 fully saturated rings. The first-order valence-corrected chi connectivity index (χ1v) is 6.86. The number of aryl methyl sites for hydroxylation is 1. The Labute approximate surface area is 108 Å². The molecule has 3 nitrogen and oxygen atoms in total. The van der Waals surface area contributed by atoms with Crippen molar-refractivity contribution in [3.63, 3.8) is 0 Å². The summed E-state index contributed by atoms with van der Waals surface area (Å²) in [4.78, 5) is 0. The molecule has 0 aliphatic carbocycles. The number of hydrogen-bond acceptors (Lipinski definition) is 3. The Kier molecular flexibility index (Phi) is 3.52. The van der Waals surface area contributed by atoms with E-state index < -0.39 is 6.10 Å². The lowest BCUT2D eigenvalue weighted by molar-refractivity contribution is -0.0100. The van der Waals surface area contributed by atoms with Gasteiger partial charge in [-0.3, -0.25) is 0 Å². The first kappa shape index (κ1) is 12.0. The van der Waals surface area contributed by atoms with Crippen LogP contribution in [0.15, 0.2) is 18.2 Å². The Morgan fingerprint density at radius 3 is 3.00 bits per heavy atom. The lowest BCUT2D eigenvalue weighted by Gasteiger charge is -2.28. The van der Waals surface area contributed by atoms with Gasteiger partial charge in [0.2, 0.25) is 0 Å². The van der Waals surface area contributed by atoms with E-state index in [1.54, 1.807) is 0 Å². The molecule has 98 valence electrons. The predicted molar refractivity (Wildman–Crippen MR) is 68.8 cm³/mol. The van der Waals surface area contributed by atoms with E-state index in [9.17, 15) is 5.11 Å². The summed E-state index contributed by atoms with van der Waals surface area (Å²) in [5.74, 6) is 1.22. The molecule has 0 bridgehead atoms. The average Bonchev–Trinajstić information content (AvgIpc) is 2.47. The zero-order valence-electron chi connectivity index (χ0n) is 10.6. The van der Waals surface area contributed by atoms with Crippen molar-refractivity contribution in [3.05, 3.63) is 29.3 Å². The van der Waals surface area contributed by atoms with Gasteiger partial charge in [-0.05, 0) is 48.9 Å². The van der Waals surface area contributed by atoms with Gasteiger partial charge >= 0.3 is 0 Å². The maximum atomic E-state index is 10.4. The highest BCUT2D eigenvalue weighted by Gasteiger charge is 2.24. The van der Waals surface area contributed by atoms with Crippen LogP contribution >= 0.6 is 0 Å². The second-order valence-corrected chi connectivity index (χ2v) is 5.24. The topological polar surface area (TPSA) is 38.7 Å². The summed E-state index contributed by atoms with van der Waals surface area (Å²) in [6.07, 6.45) is 3.82. The van der Waals surface area contributed by atoms with Crippen LogP contribution in [0.3, 0.4) is 0 Å². The summed E-state index contributed by atoms with van der Waals surface area (Å²) in [5, 5.41) is 10.4. The lowest BCUT2D eigenvalue weighted by Crippen LogP contribution is -2.24. The van der Waals surface area contributed by atoms with Crippen molar-refractivity contribution in [1.29, 1.82) is 0 Å². The van der Waals surface area contributed by atoms with Crippen molar-refractivity contribution in [2.75, 3.05) is 19.8 Å². The lowest BCUT2D eigenvalue weighted by atomic mass is 9.89. The first-order chi connectivity index (χ1) is 8.84. The summed E-state index contributed by atoms with van der Waals surface area (Å²) >= 11 is 0. The summed E-state index contributed by atoms with van der Waals surface area (Å²) in [5.41, 5.74) is 2.24. The van der Waals surface area contributed by atoms with Crippen LogP contribution < -0.4 is 4.74 Å². The van der Waals surface area contributed by atoms with Gasteiger partial charge in [0.25, 0.3) is 0 Å². The molecule has 18 heavy (non-hydrogen) atoms. The highest BCUT2D eigenvalue weighted by molar-refractivity contribution is 5.39. The number of hydrogen-bond donors (Lipinski definition) is 1. The molecule has 2 heterocycles. The average molecular weight is 248 g/mol. The van der Waals surface area contributed by atoms with Crippen LogP contribution in [-0.4, -0.2) is 24.9 Å². The van der Waals surface area contributed by atoms with Crippen molar-refractivity contribution in [2.24, 2.45) is 5.92 Å². The van der Waals surface area contributed by atoms with Crippen molar-refractivity contribution >= 4 is 0 Å². The zero-order chi connectivity index (χ0) is 12.4. The van der Waals surface area contributed by atoms with E-state index in [-0.39, 0.29) is 5.92 Å². The Morgan fingerprint density at radius 1 is 1.22 bits per heavy atom. The van der Waals surface area contributed by atoms with Gasteiger partial charge in [-0.25, -0.2) is 0 Å². The molecule has 0 amide bonds. The minimum atomic E-state index is -0.405. The molecule has 2 aliphatic heterocycles. The molecule has 0 saturated carbocycles. The maximum absolute atomic E-state index is 10.4. The van der Waals surface area contributed by atoms with Gasteiger partial charge in [0.05, 0.1) is 19.3 Å². The van der Waals surface area contributed by atoms with Crippen LogP contribution in [-0.2, 0) is 11.2 Å². The quantitative estimate of drug-likeness (QED) is 0.873. The van der Waals surface area contributed by atoms with Crippen LogP contribution in [0.5, 0.6) is 5.75 Å². The highest BCUT2D eigenvalue weighted by atomic mass is 16.5. The number of rotatable bonds is 2. The summed E-state index contributed by atoms with van der Waals surface area (Å²) in [7, 11) is 0. The Balaban J connectivity index is 1.78. The number of benzene rings is 1. The molecule has 0 radical (unpaired) electrons. The van der Waals surface area contributed by atoms with E-state index in [1.165, 1.54) is 5.56 Å². The molecular formula is C15H20O3. The van der Waals surface area contributed by atoms with Crippen molar-refractivity contribution < 1.29 is 14.6 Å². The molecule has 0 aromatic heterocycles. The van der Waals surface area contributed by atoms with Gasteiger partial charge in [-0.1, -0.05) is 6.07 Å². The van der Waals surface area contributed by atoms with E-state index in [4.69, 9.17) is 9.47 Å². The van der Waals surface area contributed by atoms with Crippen LogP contribution in [0.4, 0.5) is 0 Å². The third kappa shape index (κ3) is 2.38. The van der Waals surface area contributed by atoms with E-state index in [2.05, 4.69) is 6.07 Å².